The first-order valence-corrected chi connectivity index (χ1v) is 3.25. The summed E-state index contributed by atoms with van der Waals surface area (Å²) in [5.41, 5.74) is 9.75. The molecule has 5 nitrogen and oxygen atoms in total. The molecule has 1 amide bonds. The minimum atomic E-state index is -1.90. The first-order valence-electron chi connectivity index (χ1n) is 3.25. The number of primary amides is 1. The molecule has 0 heterocycles. The van der Waals surface area contributed by atoms with E-state index in [4.69, 9.17) is 5.73 Å². The van der Waals surface area contributed by atoms with Gasteiger partial charge in [0.2, 0.25) is 0 Å². The van der Waals surface area contributed by atoms with Crippen molar-refractivity contribution in [2.24, 2.45) is 11.5 Å². The van der Waals surface area contributed by atoms with E-state index < -0.39 is 30.5 Å². The van der Waals surface area contributed by atoms with Crippen LogP contribution in [0.5, 0.6) is 0 Å². The Morgan fingerprint density at radius 1 is 1.58 bits per heavy atom. The molecule has 6 heteroatoms. The monoisotopic (exact) mass is 178 g/mol. The fourth-order valence-electron chi connectivity index (χ4n) is 0.587. The van der Waals surface area contributed by atoms with Crippen molar-refractivity contribution >= 4 is 11.9 Å². The van der Waals surface area contributed by atoms with Crippen LogP contribution in [-0.4, -0.2) is 31.2 Å². The molecular weight excluding hydrogens is 167 g/mol. The van der Waals surface area contributed by atoms with Gasteiger partial charge >= 0.3 is 5.97 Å². The second-order valence-corrected chi connectivity index (χ2v) is 2.24. The predicted octanol–water partition coefficient (Wildman–Crippen LogP) is -1.30. The normalized spacial score (nSPS) is 14.9. The zero-order chi connectivity index (χ0) is 9.72. The molecule has 0 aromatic heterocycles. The largest absolute Gasteiger partial charge is 0.468 e. The van der Waals surface area contributed by atoms with Gasteiger partial charge in [0.25, 0.3) is 5.91 Å². The fourth-order valence-corrected chi connectivity index (χ4v) is 0.587. The molecule has 4 N–H and O–H groups in total. The Kier molecular flexibility index (Phi) is 4.20. The Morgan fingerprint density at radius 3 is 2.42 bits per heavy atom. The van der Waals surface area contributed by atoms with Gasteiger partial charge in [-0.2, -0.15) is 0 Å². The summed E-state index contributed by atoms with van der Waals surface area (Å²) in [5.74, 6) is -1.90. The minimum absolute atomic E-state index is 0.442. The maximum atomic E-state index is 12.5. The molecule has 12 heavy (non-hydrogen) atoms. The van der Waals surface area contributed by atoms with Crippen molar-refractivity contribution in [3.8, 4) is 0 Å². The summed E-state index contributed by atoms with van der Waals surface area (Å²) in [4.78, 5) is 20.8. The molecule has 0 aromatic carbocycles. The average molecular weight is 178 g/mol. The number of carbonyl (C=O) groups excluding carboxylic acids is 2. The van der Waals surface area contributed by atoms with Crippen LogP contribution < -0.4 is 11.5 Å². The van der Waals surface area contributed by atoms with Crippen molar-refractivity contribution in [3.05, 3.63) is 0 Å². The highest BCUT2D eigenvalue weighted by atomic mass is 19.1. The van der Waals surface area contributed by atoms with Crippen LogP contribution in [0.3, 0.4) is 0 Å². The summed E-state index contributed by atoms with van der Waals surface area (Å²) in [7, 11) is 1.12. The Labute approximate surface area is 68.8 Å². The average Bonchev–Trinajstić information content (AvgIpc) is 2.02. The zero-order valence-electron chi connectivity index (χ0n) is 6.62. The van der Waals surface area contributed by atoms with Gasteiger partial charge in [-0.05, 0) is 0 Å². The van der Waals surface area contributed by atoms with Crippen molar-refractivity contribution in [1.82, 2.24) is 0 Å². The zero-order valence-corrected chi connectivity index (χ0v) is 6.62. The summed E-state index contributed by atoms with van der Waals surface area (Å²) >= 11 is 0. The number of halogens is 1. The Balaban J connectivity index is 3.91. The Morgan fingerprint density at radius 2 is 2.08 bits per heavy atom. The van der Waals surface area contributed by atoms with Gasteiger partial charge < -0.3 is 16.2 Å². The topological polar surface area (TPSA) is 95.4 Å². The second-order valence-electron chi connectivity index (χ2n) is 2.24. The van der Waals surface area contributed by atoms with Crippen molar-refractivity contribution in [1.29, 1.82) is 0 Å². The molecule has 0 bridgehead atoms. The van der Waals surface area contributed by atoms with Gasteiger partial charge in [-0.15, -0.1) is 0 Å². The quantitative estimate of drug-likeness (QED) is 0.523. The highest BCUT2D eigenvalue weighted by Gasteiger charge is 2.22. The SMILES string of the molecule is COC(=O)[C@@H](N)C[C@H](F)C(N)=O. The summed E-state index contributed by atoms with van der Waals surface area (Å²) < 4.78 is 16.7. The van der Waals surface area contributed by atoms with Crippen LogP contribution in [0.2, 0.25) is 0 Å². The number of carbonyl (C=O) groups is 2. The maximum Gasteiger partial charge on any atom is 0.322 e. The van der Waals surface area contributed by atoms with Crippen LogP contribution >= 0.6 is 0 Å². The van der Waals surface area contributed by atoms with Crippen LogP contribution in [-0.2, 0) is 14.3 Å². The third-order valence-corrected chi connectivity index (χ3v) is 1.27. The van der Waals surface area contributed by atoms with Crippen LogP contribution in [0.1, 0.15) is 6.42 Å². The summed E-state index contributed by atoms with van der Waals surface area (Å²) in [6.07, 6.45) is -2.35. The molecule has 0 radical (unpaired) electrons. The van der Waals surface area contributed by atoms with Gasteiger partial charge in [0.1, 0.15) is 6.04 Å². The molecule has 0 aromatic rings. The molecule has 0 saturated carbocycles. The molecule has 0 spiro atoms. The maximum absolute atomic E-state index is 12.5. The van der Waals surface area contributed by atoms with E-state index in [1.54, 1.807) is 0 Å². The number of amides is 1. The first-order chi connectivity index (χ1) is 5.49. The molecule has 0 rings (SSSR count). The highest BCUT2D eigenvalue weighted by Crippen LogP contribution is 2.01. The predicted molar refractivity (Wildman–Crippen MR) is 38.7 cm³/mol. The third-order valence-electron chi connectivity index (χ3n) is 1.27. The van der Waals surface area contributed by atoms with E-state index in [0.29, 0.717) is 0 Å². The number of methoxy groups -OCH3 is 1. The molecule has 70 valence electrons. The van der Waals surface area contributed by atoms with Crippen molar-refractivity contribution in [2.75, 3.05) is 7.11 Å². The smallest absolute Gasteiger partial charge is 0.322 e. The number of nitrogens with two attached hydrogens (primary N) is 2. The number of esters is 1. The van der Waals surface area contributed by atoms with Crippen LogP contribution in [0.15, 0.2) is 0 Å². The van der Waals surface area contributed by atoms with E-state index in [-0.39, 0.29) is 0 Å². The highest BCUT2D eigenvalue weighted by molar-refractivity contribution is 5.81. The lowest BCUT2D eigenvalue weighted by atomic mass is 10.1. The minimum Gasteiger partial charge on any atom is -0.468 e. The number of rotatable bonds is 4. The molecule has 0 aliphatic carbocycles. The van der Waals surface area contributed by atoms with E-state index in [2.05, 4.69) is 10.5 Å². The van der Waals surface area contributed by atoms with Crippen molar-refractivity contribution in [2.45, 2.75) is 18.6 Å². The van der Waals surface area contributed by atoms with Crippen LogP contribution in [0.25, 0.3) is 0 Å². The Bertz CT molecular complexity index is 186. The molecule has 0 aliphatic heterocycles. The van der Waals surface area contributed by atoms with Gasteiger partial charge in [-0.25, -0.2) is 4.39 Å². The summed E-state index contributed by atoms with van der Waals surface area (Å²) in [6, 6.07) is -1.14. The van der Waals surface area contributed by atoms with Gasteiger partial charge in [-0.3, -0.25) is 9.59 Å². The lowest BCUT2D eigenvalue weighted by molar-refractivity contribution is -0.142. The number of alkyl halides is 1. The van der Waals surface area contributed by atoms with Gasteiger partial charge in [0, 0.05) is 6.42 Å². The lowest BCUT2D eigenvalue weighted by Crippen LogP contribution is -2.38. The second kappa shape index (κ2) is 4.66. The van der Waals surface area contributed by atoms with Gasteiger partial charge in [0.15, 0.2) is 6.17 Å². The van der Waals surface area contributed by atoms with Crippen molar-refractivity contribution in [3.63, 3.8) is 0 Å². The van der Waals surface area contributed by atoms with Crippen molar-refractivity contribution < 1.29 is 18.7 Å². The third kappa shape index (κ3) is 3.29. The molecule has 0 saturated heterocycles. The molecule has 0 fully saturated rings. The molecule has 0 unspecified atom stereocenters. The van der Waals surface area contributed by atoms with Gasteiger partial charge in [0.05, 0.1) is 7.11 Å². The van der Waals surface area contributed by atoms with E-state index in [0.717, 1.165) is 7.11 Å². The standard InChI is InChI=1S/C6H11FN2O3/c1-12-6(11)4(8)2-3(7)5(9)10/h3-4H,2,8H2,1H3,(H2,9,10)/t3-,4-/m0/s1. The molecular formula is C6H11FN2O3. The Hall–Kier alpha value is -1.17. The fraction of sp³-hybridized carbons (Fsp3) is 0.667. The van der Waals surface area contributed by atoms with E-state index in [1.807, 2.05) is 0 Å². The molecule has 2 atom stereocenters. The van der Waals surface area contributed by atoms with Gasteiger partial charge in [-0.1, -0.05) is 0 Å². The van der Waals surface area contributed by atoms with Crippen LogP contribution in [0.4, 0.5) is 4.39 Å². The number of hydrogen-bond acceptors (Lipinski definition) is 4. The lowest BCUT2D eigenvalue weighted by Gasteiger charge is -2.09. The van der Waals surface area contributed by atoms with E-state index in [9.17, 15) is 14.0 Å². The number of ether oxygens (including phenoxy) is 1. The summed E-state index contributed by atoms with van der Waals surface area (Å²) in [5, 5.41) is 0. The van der Waals surface area contributed by atoms with Crippen LogP contribution in [0, 0.1) is 0 Å². The van der Waals surface area contributed by atoms with E-state index in [1.165, 1.54) is 0 Å². The number of hydrogen-bond donors (Lipinski definition) is 2. The van der Waals surface area contributed by atoms with E-state index >= 15 is 0 Å². The summed E-state index contributed by atoms with van der Waals surface area (Å²) in [6.45, 7) is 0. The molecule has 0 aliphatic rings. The first kappa shape index (κ1) is 10.8.